The maximum absolute atomic E-state index is 13.4. The van der Waals surface area contributed by atoms with E-state index in [1.54, 1.807) is 30.3 Å². The van der Waals surface area contributed by atoms with Crippen LogP contribution in [0, 0.1) is 29.6 Å². The van der Waals surface area contributed by atoms with Crippen LogP contribution in [0.2, 0.25) is 5.02 Å². The highest BCUT2D eigenvalue weighted by molar-refractivity contribution is 7.18. The van der Waals surface area contributed by atoms with Crippen molar-refractivity contribution in [2.24, 2.45) is 0 Å². The van der Waals surface area contributed by atoms with Gasteiger partial charge in [0.2, 0.25) is 0 Å². The lowest BCUT2D eigenvalue weighted by molar-refractivity contribution is -0.274. The van der Waals surface area contributed by atoms with Gasteiger partial charge in [0.15, 0.2) is 5.75 Å². The topological polar surface area (TPSA) is 151 Å². The lowest BCUT2D eigenvalue weighted by atomic mass is 10.0. The Morgan fingerprint density at radius 1 is 1.14 bits per heavy atom. The van der Waals surface area contributed by atoms with Crippen LogP contribution in [0.25, 0.3) is 32.2 Å². The van der Waals surface area contributed by atoms with E-state index in [0.29, 0.717) is 32.1 Å². The van der Waals surface area contributed by atoms with E-state index in [-0.39, 0.29) is 35.4 Å². The molecular formula is C28H15ClF3N5O5S. The molecule has 15 heteroatoms. The molecule has 0 atom stereocenters. The summed E-state index contributed by atoms with van der Waals surface area (Å²) in [5.74, 6) is -1.58. The highest BCUT2D eigenvalue weighted by atomic mass is 35.5. The van der Waals surface area contributed by atoms with E-state index in [1.165, 1.54) is 40.5 Å². The number of aromatic carboxylic acids is 1. The Hall–Kier alpha value is -5.18. The number of alkyl halides is 3. The Labute approximate surface area is 248 Å². The van der Waals surface area contributed by atoms with Crippen LogP contribution < -0.4 is 15.0 Å². The minimum absolute atomic E-state index is 0.0541. The monoisotopic (exact) mass is 625 g/mol. The van der Waals surface area contributed by atoms with Crippen molar-refractivity contribution < 1.29 is 32.5 Å². The van der Waals surface area contributed by atoms with Crippen molar-refractivity contribution in [3.05, 3.63) is 79.8 Å². The number of hydrogen-bond acceptors (Lipinski definition) is 9. The van der Waals surface area contributed by atoms with Gasteiger partial charge in [-0.25, -0.2) is 9.78 Å². The molecule has 216 valence electrons. The Morgan fingerprint density at radius 3 is 2.56 bits per heavy atom. The van der Waals surface area contributed by atoms with Crippen molar-refractivity contribution in [2.45, 2.75) is 19.8 Å². The van der Waals surface area contributed by atoms with E-state index in [4.69, 9.17) is 16.3 Å². The second-order valence-corrected chi connectivity index (χ2v) is 10.2. The van der Waals surface area contributed by atoms with Gasteiger partial charge in [0.1, 0.15) is 35.9 Å². The number of rotatable bonds is 7. The molecule has 43 heavy (non-hydrogen) atoms. The van der Waals surface area contributed by atoms with Gasteiger partial charge in [-0.2, -0.15) is 10.5 Å². The molecular weight excluding hydrogens is 611 g/mol. The molecule has 5 rings (SSSR count). The van der Waals surface area contributed by atoms with Crippen LogP contribution in [0.1, 0.15) is 27.3 Å². The fourth-order valence-corrected chi connectivity index (χ4v) is 5.74. The number of carboxylic acid groups (broad SMARTS) is 1. The number of carbonyl (C=O) groups is 1. The summed E-state index contributed by atoms with van der Waals surface area (Å²) in [7, 11) is 0. The summed E-state index contributed by atoms with van der Waals surface area (Å²) in [6.45, 7) is 1.27. The number of pyridine rings is 1. The largest absolute Gasteiger partial charge is 0.573 e. The number of hydrogen-bond donors (Lipinski definition) is 1. The van der Waals surface area contributed by atoms with Crippen LogP contribution in [0.15, 0.2) is 46.7 Å². The van der Waals surface area contributed by atoms with Crippen molar-refractivity contribution in [3.63, 3.8) is 0 Å². The number of ether oxygens (including phenoxy) is 2. The van der Waals surface area contributed by atoms with Gasteiger partial charge in [-0.3, -0.25) is 14.3 Å². The third-order valence-electron chi connectivity index (χ3n) is 6.34. The van der Waals surface area contributed by atoms with E-state index < -0.39 is 34.8 Å². The van der Waals surface area contributed by atoms with Gasteiger partial charge in [0.05, 0.1) is 38.8 Å². The van der Waals surface area contributed by atoms with Crippen LogP contribution in [0.4, 0.5) is 13.2 Å². The van der Waals surface area contributed by atoms with Crippen molar-refractivity contribution in [1.82, 2.24) is 14.5 Å². The van der Waals surface area contributed by atoms with Crippen molar-refractivity contribution >= 4 is 50.0 Å². The number of halogens is 4. The summed E-state index contributed by atoms with van der Waals surface area (Å²) in [5, 5.41) is 30.2. The molecule has 3 aromatic heterocycles. The van der Waals surface area contributed by atoms with Gasteiger partial charge >= 0.3 is 12.3 Å². The molecule has 0 aliphatic carbocycles. The van der Waals surface area contributed by atoms with Gasteiger partial charge in [0.25, 0.3) is 5.56 Å². The summed E-state index contributed by atoms with van der Waals surface area (Å²) < 4.78 is 50.4. The van der Waals surface area contributed by atoms with Crippen LogP contribution in [-0.2, 0) is 6.54 Å². The zero-order valence-electron chi connectivity index (χ0n) is 21.7. The van der Waals surface area contributed by atoms with Crippen molar-refractivity contribution in [3.8, 4) is 34.8 Å². The summed E-state index contributed by atoms with van der Waals surface area (Å²) >= 11 is 7.46. The lowest BCUT2D eigenvalue weighted by Gasteiger charge is -2.16. The molecule has 0 radical (unpaired) electrons. The maximum Gasteiger partial charge on any atom is 0.573 e. The second kappa shape index (κ2) is 11.2. The molecule has 0 aliphatic heterocycles. The van der Waals surface area contributed by atoms with E-state index in [0.717, 1.165) is 6.07 Å². The molecule has 0 bridgehead atoms. The van der Waals surface area contributed by atoms with E-state index in [2.05, 4.69) is 14.7 Å². The average Bonchev–Trinajstić information content (AvgIpc) is 3.39. The minimum atomic E-state index is -5.14. The first-order chi connectivity index (χ1) is 20.4. The number of thiophene rings is 1. The Kier molecular flexibility index (Phi) is 7.67. The van der Waals surface area contributed by atoms with E-state index in [1.807, 2.05) is 0 Å². The first-order valence-electron chi connectivity index (χ1n) is 12.1. The van der Waals surface area contributed by atoms with Crippen LogP contribution in [-0.4, -0.2) is 38.6 Å². The molecule has 0 aliphatic rings. The summed E-state index contributed by atoms with van der Waals surface area (Å²) in [6.07, 6.45) is -3.67. The Morgan fingerprint density at radius 2 is 1.88 bits per heavy atom. The maximum atomic E-state index is 13.4. The van der Waals surface area contributed by atoms with Gasteiger partial charge in [-0.15, -0.1) is 24.5 Å². The molecule has 5 aromatic rings. The smallest absolute Gasteiger partial charge is 0.491 e. The van der Waals surface area contributed by atoms with E-state index >= 15 is 0 Å². The number of aryl methyl sites for hydroxylation is 1. The molecule has 0 spiro atoms. The Balaban J connectivity index is 1.51. The first-order valence-corrected chi connectivity index (χ1v) is 13.4. The van der Waals surface area contributed by atoms with Crippen LogP contribution in [0.5, 0.6) is 11.5 Å². The lowest BCUT2D eigenvalue weighted by Crippen LogP contribution is -2.27. The van der Waals surface area contributed by atoms with Crippen molar-refractivity contribution in [2.75, 3.05) is 6.61 Å². The van der Waals surface area contributed by atoms with Crippen molar-refractivity contribution in [1.29, 1.82) is 10.5 Å². The first kappa shape index (κ1) is 29.3. The van der Waals surface area contributed by atoms with Gasteiger partial charge in [-0.05, 0) is 31.2 Å². The second-order valence-electron chi connectivity index (χ2n) is 8.89. The fourth-order valence-electron chi connectivity index (χ4n) is 4.54. The minimum Gasteiger partial charge on any atom is -0.491 e. The normalized spacial score (nSPS) is 11.3. The zero-order valence-corrected chi connectivity index (χ0v) is 23.3. The molecule has 1 N–H and O–H groups in total. The standard InChI is InChI=1S/C28H15ClF3N5O5S/c1-13-36-20-9-22(42-28(30,31)32)17(10-33)18(11-34)23(20)26(38)37(13)6-7-41-21-3-2-14(29)8-16(21)15-4-5-35-24-19(27(39)40)12-43-25(15)24/h2-5,8-9,12H,6-7H2,1H3,(H,39,40). The molecule has 0 saturated carbocycles. The average molecular weight is 626 g/mol. The number of nitrogens with zero attached hydrogens (tertiary/aromatic N) is 5. The summed E-state index contributed by atoms with van der Waals surface area (Å²) in [4.78, 5) is 33.4. The van der Waals surface area contributed by atoms with Gasteiger partial charge in [-0.1, -0.05) is 11.6 Å². The Bertz CT molecular complexity index is 2100. The predicted octanol–water partition coefficient (Wildman–Crippen LogP) is 6.05. The molecule has 0 saturated heterocycles. The van der Waals surface area contributed by atoms with E-state index in [9.17, 15) is 38.4 Å². The number of aromatic nitrogens is 3. The molecule has 0 fully saturated rings. The SMILES string of the molecule is Cc1nc2cc(OC(F)(F)F)c(C#N)c(C#N)c2c(=O)n1CCOc1ccc(Cl)cc1-c1ccnc2c(C(=O)O)csc12. The summed E-state index contributed by atoms with van der Waals surface area (Å²) in [6, 6.07) is 10.5. The third kappa shape index (κ3) is 5.53. The fraction of sp³-hybridized carbons (Fsp3) is 0.143. The highest BCUT2D eigenvalue weighted by Crippen LogP contribution is 2.39. The number of fused-ring (bicyclic) bond motifs is 2. The molecule has 3 heterocycles. The van der Waals surface area contributed by atoms with Crippen LogP contribution >= 0.6 is 22.9 Å². The molecule has 10 nitrogen and oxygen atoms in total. The number of carboxylic acids is 1. The molecule has 2 aromatic carbocycles. The highest BCUT2D eigenvalue weighted by Gasteiger charge is 2.34. The number of nitriles is 2. The zero-order chi connectivity index (χ0) is 31.1. The van der Waals surface area contributed by atoms with Crippen LogP contribution in [0.3, 0.4) is 0 Å². The molecule has 0 amide bonds. The third-order valence-corrected chi connectivity index (χ3v) is 7.58. The van der Waals surface area contributed by atoms with Gasteiger partial charge in [0, 0.05) is 33.8 Å². The predicted molar refractivity (Wildman–Crippen MR) is 149 cm³/mol. The number of benzene rings is 2. The molecule has 0 unspecified atom stereocenters. The van der Waals surface area contributed by atoms with Gasteiger partial charge < -0.3 is 14.6 Å². The quantitative estimate of drug-likeness (QED) is 0.228. The summed E-state index contributed by atoms with van der Waals surface area (Å²) in [5.41, 5.74) is -0.811.